The van der Waals surface area contributed by atoms with Crippen LogP contribution >= 0.6 is 22.6 Å². The zero-order valence-corrected chi connectivity index (χ0v) is 13.4. The highest BCUT2D eigenvalue weighted by Crippen LogP contribution is 2.39. The molecule has 98 valence electrons. The monoisotopic (exact) mass is 358 g/mol. The SMILES string of the molecule is CCC1(c2cc(C(C)(C)C)ccc2I)OC=CO1. The average Bonchev–Trinajstić information content (AvgIpc) is 2.77. The molecule has 2 nitrogen and oxygen atoms in total. The predicted molar refractivity (Wildman–Crippen MR) is 81.1 cm³/mol. The summed E-state index contributed by atoms with van der Waals surface area (Å²) in [6.45, 7) is 8.72. The molecule has 0 saturated heterocycles. The van der Waals surface area contributed by atoms with Gasteiger partial charge in [-0.3, -0.25) is 0 Å². The van der Waals surface area contributed by atoms with E-state index in [4.69, 9.17) is 9.47 Å². The smallest absolute Gasteiger partial charge is 0.277 e. The van der Waals surface area contributed by atoms with Crippen molar-refractivity contribution in [3.8, 4) is 0 Å². The van der Waals surface area contributed by atoms with Crippen LogP contribution in [0.4, 0.5) is 0 Å². The Morgan fingerprint density at radius 2 is 1.78 bits per heavy atom. The minimum Gasteiger partial charge on any atom is -0.453 e. The molecule has 1 aliphatic heterocycles. The topological polar surface area (TPSA) is 18.5 Å². The lowest BCUT2D eigenvalue weighted by molar-refractivity contribution is -0.152. The minimum absolute atomic E-state index is 0.125. The molecule has 0 aliphatic carbocycles. The van der Waals surface area contributed by atoms with E-state index >= 15 is 0 Å². The number of hydrogen-bond donors (Lipinski definition) is 0. The van der Waals surface area contributed by atoms with Crippen molar-refractivity contribution in [2.75, 3.05) is 0 Å². The van der Waals surface area contributed by atoms with E-state index in [9.17, 15) is 0 Å². The summed E-state index contributed by atoms with van der Waals surface area (Å²) in [7, 11) is 0. The Bertz CT molecular complexity index is 464. The number of hydrogen-bond acceptors (Lipinski definition) is 2. The third-order valence-corrected chi connectivity index (χ3v) is 4.22. The lowest BCUT2D eigenvalue weighted by Crippen LogP contribution is -2.28. The number of halogens is 1. The van der Waals surface area contributed by atoms with Crippen LogP contribution in [0.15, 0.2) is 30.7 Å². The van der Waals surface area contributed by atoms with Crippen LogP contribution in [-0.2, 0) is 20.7 Å². The fourth-order valence-corrected chi connectivity index (χ4v) is 2.82. The summed E-state index contributed by atoms with van der Waals surface area (Å²) in [5.41, 5.74) is 2.54. The first kappa shape index (κ1) is 13.7. The number of rotatable bonds is 2. The molecule has 1 aliphatic rings. The van der Waals surface area contributed by atoms with Crippen molar-refractivity contribution >= 4 is 22.6 Å². The van der Waals surface area contributed by atoms with Crippen molar-refractivity contribution in [1.82, 2.24) is 0 Å². The molecule has 2 rings (SSSR count). The number of ether oxygens (including phenoxy) is 2. The summed E-state index contributed by atoms with van der Waals surface area (Å²) in [6, 6.07) is 6.52. The van der Waals surface area contributed by atoms with Crippen molar-refractivity contribution in [2.45, 2.75) is 45.3 Å². The second-order valence-electron chi connectivity index (χ2n) is 5.56. The van der Waals surface area contributed by atoms with Gasteiger partial charge in [-0.05, 0) is 45.7 Å². The lowest BCUT2D eigenvalue weighted by atomic mass is 9.85. The molecule has 18 heavy (non-hydrogen) atoms. The van der Waals surface area contributed by atoms with Crippen LogP contribution in [0.2, 0.25) is 0 Å². The van der Waals surface area contributed by atoms with Gasteiger partial charge < -0.3 is 9.47 Å². The summed E-state index contributed by atoms with van der Waals surface area (Å²) in [4.78, 5) is 0. The quantitative estimate of drug-likeness (QED) is 0.716. The first-order valence-electron chi connectivity index (χ1n) is 6.20. The van der Waals surface area contributed by atoms with Gasteiger partial charge >= 0.3 is 0 Å². The lowest BCUT2D eigenvalue weighted by Gasteiger charge is -2.29. The third-order valence-electron chi connectivity index (χ3n) is 3.28. The second-order valence-corrected chi connectivity index (χ2v) is 6.72. The van der Waals surface area contributed by atoms with Crippen LogP contribution in [0.3, 0.4) is 0 Å². The predicted octanol–water partition coefficient (Wildman–Crippen LogP) is 4.67. The molecule has 0 radical (unpaired) electrons. The van der Waals surface area contributed by atoms with Crippen molar-refractivity contribution in [3.63, 3.8) is 0 Å². The van der Waals surface area contributed by atoms with E-state index in [-0.39, 0.29) is 5.41 Å². The van der Waals surface area contributed by atoms with E-state index in [1.54, 1.807) is 12.5 Å². The molecule has 0 aromatic heterocycles. The van der Waals surface area contributed by atoms with E-state index < -0.39 is 5.79 Å². The summed E-state index contributed by atoms with van der Waals surface area (Å²) in [5, 5.41) is 0. The standard InChI is InChI=1S/C15H19IO2/c1-5-15(17-8-9-18-15)12-10-11(14(2,3)4)6-7-13(12)16/h6-10H,5H2,1-4H3. The van der Waals surface area contributed by atoms with Crippen LogP contribution in [-0.4, -0.2) is 0 Å². The van der Waals surface area contributed by atoms with Gasteiger partial charge in [-0.1, -0.05) is 33.8 Å². The normalized spacial score (nSPS) is 17.4. The van der Waals surface area contributed by atoms with E-state index in [2.05, 4.69) is 68.5 Å². The van der Waals surface area contributed by atoms with E-state index in [0.717, 1.165) is 12.0 Å². The molecule has 0 amide bonds. The van der Waals surface area contributed by atoms with Crippen LogP contribution < -0.4 is 0 Å². The highest BCUT2D eigenvalue weighted by Gasteiger charge is 2.38. The van der Waals surface area contributed by atoms with E-state index in [1.165, 1.54) is 9.13 Å². The Balaban J connectivity index is 2.50. The van der Waals surface area contributed by atoms with Gasteiger partial charge in [-0.15, -0.1) is 0 Å². The van der Waals surface area contributed by atoms with Gasteiger partial charge in [0.05, 0.1) is 0 Å². The van der Waals surface area contributed by atoms with Gasteiger partial charge in [0, 0.05) is 15.6 Å². The van der Waals surface area contributed by atoms with E-state index in [0.29, 0.717) is 0 Å². The van der Waals surface area contributed by atoms with Crippen LogP contribution in [0.1, 0.15) is 45.2 Å². The second kappa shape index (κ2) is 4.76. The van der Waals surface area contributed by atoms with Crippen molar-refractivity contribution < 1.29 is 9.47 Å². The summed E-state index contributed by atoms with van der Waals surface area (Å²) >= 11 is 2.34. The van der Waals surface area contributed by atoms with E-state index in [1.807, 2.05) is 0 Å². The zero-order chi connectivity index (χ0) is 13.4. The molecule has 1 heterocycles. The Hall–Kier alpha value is -0.710. The summed E-state index contributed by atoms with van der Waals surface area (Å²) in [5.74, 6) is -0.641. The van der Waals surface area contributed by atoms with Gasteiger partial charge in [0.25, 0.3) is 5.79 Å². The van der Waals surface area contributed by atoms with Gasteiger partial charge in [0.15, 0.2) is 0 Å². The molecule has 0 saturated carbocycles. The third kappa shape index (κ3) is 2.37. The zero-order valence-electron chi connectivity index (χ0n) is 11.3. The molecule has 1 aromatic carbocycles. The molecule has 0 atom stereocenters. The fourth-order valence-electron chi connectivity index (χ4n) is 2.07. The van der Waals surface area contributed by atoms with Gasteiger partial charge in [-0.25, -0.2) is 0 Å². The molecule has 0 spiro atoms. The Morgan fingerprint density at radius 1 is 1.17 bits per heavy atom. The first-order chi connectivity index (χ1) is 8.39. The van der Waals surface area contributed by atoms with Crippen LogP contribution in [0.5, 0.6) is 0 Å². The van der Waals surface area contributed by atoms with Crippen molar-refractivity contribution in [1.29, 1.82) is 0 Å². The molecular formula is C15H19IO2. The Morgan fingerprint density at radius 3 is 2.28 bits per heavy atom. The summed E-state index contributed by atoms with van der Waals surface area (Å²) < 4.78 is 12.6. The highest BCUT2D eigenvalue weighted by atomic mass is 127. The molecule has 0 N–H and O–H groups in total. The Labute approximate surface area is 123 Å². The number of benzene rings is 1. The molecule has 0 unspecified atom stereocenters. The van der Waals surface area contributed by atoms with Gasteiger partial charge in [0.2, 0.25) is 0 Å². The minimum atomic E-state index is -0.641. The fraction of sp³-hybridized carbons (Fsp3) is 0.467. The largest absolute Gasteiger partial charge is 0.453 e. The maximum atomic E-state index is 5.72. The van der Waals surface area contributed by atoms with Gasteiger partial charge in [0.1, 0.15) is 12.5 Å². The molecule has 0 fully saturated rings. The first-order valence-corrected chi connectivity index (χ1v) is 7.28. The van der Waals surface area contributed by atoms with Crippen molar-refractivity contribution in [2.24, 2.45) is 0 Å². The van der Waals surface area contributed by atoms with Gasteiger partial charge in [-0.2, -0.15) is 0 Å². The molecule has 1 aromatic rings. The molecule has 3 heteroatoms. The Kier molecular flexibility index (Phi) is 3.63. The average molecular weight is 358 g/mol. The van der Waals surface area contributed by atoms with Crippen molar-refractivity contribution in [3.05, 3.63) is 45.4 Å². The highest BCUT2D eigenvalue weighted by molar-refractivity contribution is 14.1. The maximum Gasteiger partial charge on any atom is 0.277 e. The summed E-state index contributed by atoms with van der Waals surface area (Å²) in [6.07, 6.45) is 4.04. The molecule has 0 bridgehead atoms. The van der Waals surface area contributed by atoms with Crippen LogP contribution in [0.25, 0.3) is 0 Å². The maximum absolute atomic E-state index is 5.72. The van der Waals surface area contributed by atoms with Crippen LogP contribution in [0, 0.1) is 3.57 Å². The molecular weight excluding hydrogens is 339 g/mol.